The van der Waals surface area contributed by atoms with Gasteiger partial charge in [-0.2, -0.15) is 5.26 Å². The van der Waals surface area contributed by atoms with Gasteiger partial charge in [0.2, 0.25) is 0 Å². The number of aliphatic hydroxyl groups is 1. The normalized spacial score (nSPS) is 17.8. The first-order valence-electron chi connectivity index (χ1n) is 6.47. The van der Waals surface area contributed by atoms with Gasteiger partial charge < -0.3 is 9.84 Å². The van der Waals surface area contributed by atoms with E-state index in [-0.39, 0.29) is 5.41 Å². The molecule has 18 heavy (non-hydrogen) atoms. The summed E-state index contributed by atoms with van der Waals surface area (Å²) in [7, 11) is 0. The minimum atomic E-state index is -0.479. The molecule has 3 nitrogen and oxygen atoms in total. The standard InChI is InChI=1S/C15H19NO2/c1-2-13(17)12-5-3-4-6-14(12)18-11-15(7-8-15)9-10-16/h3-6,13,17H,2,7-9,11H2,1H3. The molecular weight excluding hydrogens is 226 g/mol. The summed E-state index contributed by atoms with van der Waals surface area (Å²) in [6.07, 6.45) is 2.89. The van der Waals surface area contributed by atoms with E-state index in [0.717, 1.165) is 24.2 Å². The van der Waals surface area contributed by atoms with E-state index in [1.54, 1.807) is 0 Å². The Hall–Kier alpha value is -1.53. The van der Waals surface area contributed by atoms with Crippen molar-refractivity contribution in [2.75, 3.05) is 6.61 Å². The second-order valence-corrected chi connectivity index (χ2v) is 5.09. The van der Waals surface area contributed by atoms with Gasteiger partial charge in [0, 0.05) is 17.4 Å². The van der Waals surface area contributed by atoms with Crippen LogP contribution in [-0.4, -0.2) is 11.7 Å². The number of hydrogen-bond donors (Lipinski definition) is 1. The van der Waals surface area contributed by atoms with Crippen LogP contribution in [0.5, 0.6) is 5.75 Å². The molecule has 1 saturated carbocycles. The van der Waals surface area contributed by atoms with Gasteiger partial charge in [-0.1, -0.05) is 25.1 Å². The molecule has 1 N–H and O–H groups in total. The highest BCUT2D eigenvalue weighted by molar-refractivity contribution is 5.35. The first-order chi connectivity index (χ1) is 8.71. The molecule has 0 saturated heterocycles. The predicted molar refractivity (Wildman–Crippen MR) is 69.1 cm³/mol. The van der Waals surface area contributed by atoms with Gasteiger partial charge in [-0.3, -0.25) is 0 Å². The molecule has 1 atom stereocenters. The van der Waals surface area contributed by atoms with Crippen LogP contribution in [0.1, 0.15) is 44.3 Å². The molecular formula is C15H19NO2. The average molecular weight is 245 g/mol. The van der Waals surface area contributed by atoms with Crippen molar-refractivity contribution in [2.45, 2.75) is 38.7 Å². The lowest BCUT2D eigenvalue weighted by Crippen LogP contribution is -2.13. The molecule has 0 radical (unpaired) electrons. The van der Waals surface area contributed by atoms with Crippen molar-refractivity contribution in [3.63, 3.8) is 0 Å². The smallest absolute Gasteiger partial charge is 0.125 e. The summed E-state index contributed by atoms with van der Waals surface area (Å²) in [5.74, 6) is 0.746. The van der Waals surface area contributed by atoms with E-state index in [1.807, 2.05) is 31.2 Å². The highest BCUT2D eigenvalue weighted by atomic mass is 16.5. The zero-order valence-electron chi connectivity index (χ0n) is 10.7. The Morgan fingerprint density at radius 2 is 2.17 bits per heavy atom. The highest BCUT2D eigenvalue weighted by Gasteiger charge is 2.43. The molecule has 1 aromatic rings. The second kappa shape index (κ2) is 5.41. The third-order valence-electron chi connectivity index (χ3n) is 3.61. The monoisotopic (exact) mass is 245 g/mol. The van der Waals surface area contributed by atoms with Crippen LogP contribution in [0.2, 0.25) is 0 Å². The second-order valence-electron chi connectivity index (χ2n) is 5.09. The molecule has 1 fully saturated rings. The maximum absolute atomic E-state index is 9.93. The molecule has 0 heterocycles. The minimum Gasteiger partial charge on any atom is -0.493 e. The van der Waals surface area contributed by atoms with Crippen LogP contribution < -0.4 is 4.74 Å². The SMILES string of the molecule is CCC(O)c1ccccc1OCC1(CC#N)CC1. The van der Waals surface area contributed by atoms with Crippen LogP contribution in [0, 0.1) is 16.7 Å². The molecule has 0 bridgehead atoms. The Balaban J connectivity index is 2.03. The van der Waals surface area contributed by atoms with Crippen LogP contribution in [-0.2, 0) is 0 Å². The van der Waals surface area contributed by atoms with E-state index in [4.69, 9.17) is 10.00 Å². The summed E-state index contributed by atoms with van der Waals surface area (Å²) in [6, 6.07) is 9.82. The summed E-state index contributed by atoms with van der Waals surface area (Å²) in [5, 5.41) is 18.7. The number of rotatable bonds is 6. The van der Waals surface area contributed by atoms with Gasteiger partial charge in [-0.05, 0) is 25.3 Å². The zero-order chi connectivity index (χ0) is 13.0. The van der Waals surface area contributed by atoms with E-state index < -0.39 is 6.10 Å². The van der Waals surface area contributed by atoms with Crippen molar-refractivity contribution in [3.8, 4) is 11.8 Å². The molecule has 0 aromatic heterocycles. The fourth-order valence-corrected chi connectivity index (χ4v) is 2.05. The minimum absolute atomic E-state index is 0.0685. The van der Waals surface area contributed by atoms with E-state index in [2.05, 4.69) is 6.07 Å². The lowest BCUT2D eigenvalue weighted by Gasteiger charge is -2.17. The van der Waals surface area contributed by atoms with Crippen molar-refractivity contribution in [3.05, 3.63) is 29.8 Å². The maximum atomic E-state index is 9.93. The van der Waals surface area contributed by atoms with Crippen LogP contribution in [0.25, 0.3) is 0 Å². The van der Waals surface area contributed by atoms with E-state index >= 15 is 0 Å². The quantitative estimate of drug-likeness (QED) is 0.837. The molecule has 0 spiro atoms. The van der Waals surface area contributed by atoms with Crippen LogP contribution in [0.15, 0.2) is 24.3 Å². The van der Waals surface area contributed by atoms with Gasteiger partial charge in [-0.25, -0.2) is 0 Å². The Kier molecular flexibility index (Phi) is 3.88. The third kappa shape index (κ3) is 2.83. The van der Waals surface area contributed by atoms with Crippen molar-refractivity contribution in [1.29, 1.82) is 5.26 Å². The van der Waals surface area contributed by atoms with Gasteiger partial charge >= 0.3 is 0 Å². The van der Waals surface area contributed by atoms with Gasteiger partial charge in [0.1, 0.15) is 5.75 Å². The summed E-state index contributed by atoms with van der Waals surface area (Å²) in [6.45, 7) is 2.52. The van der Waals surface area contributed by atoms with Crippen molar-refractivity contribution in [1.82, 2.24) is 0 Å². The maximum Gasteiger partial charge on any atom is 0.125 e. The number of ether oxygens (including phenoxy) is 1. The molecule has 1 aliphatic carbocycles. The average Bonchev–Trinajstić information content (AvgIpc) is 3.16. The summed E-state index contributed by atoms with van der Waals surface area (Å²) in [4.78, 5) is 0. The van der Waals surface area contributed by atoms with Crippen molar-refractivity contribution >= 4 is 0 Å². The number of benzene rings is 1. The molecule has 0 aliphatic heterocycles. The fraction of sp³-hybridized carbons (Fsp3) is 0.533. The largest absolute Gasteiger partial charge is 0.493 e. The molecule has 0 amide bonds. The van der Waals surface area contributed by atoms with Crippen molar-refractivity contribution in [2.24, 2.45) is 5.41 Å². The summed E-state index contributed by atoms with van der Waals surface area (Å²) in [5.41, 5.74) is 0.909. The van der Waals surface area contributed by atoms with Crippen LogP contribution in [0.3, 0.4) is 0 Å². The molecule has 1 aliphatic rings. The molecule has 1 unspecified atom stereocenters. The first kappa shape index (κ1) is 12.9. The van der Waals surface area contributed by atoms with Gasteiger partial charge in [0.15, 0.2) is 0 Å². The van der Waals surface area contributed by atoms with Gasteiger partial charge in [-0.15, -0.1) is 0 Å². The molecule has 1 aromatic carbocycles. The van der Waals surface area contributed by atoms with E-state index in [0.29, 0.717) is 19.4 Å². The number of nitriles is 1. The number of para-hydroxylation sites is 1. The lowest BCUT2D eigenvalue weighted by atomic mass is 10.0. The first-order valence-corrected chi connectivity index (χ1v) is 6.47. The van der Waals surface area contributed by atoms with Crippen LogP contribution >= 0.6 is 0 Å². The number of hydrogen-bond acceptors (Lipinski definition) is 3. The van der Waals surface area contributed by atoms with Gasteiger partial charge in [0.25, 0.3) is 0 Å². The Labute approximate surface area is 108 Å². The summed E-state index contributed by atoms with van der Waals surface area (Å²) < 4.78 is 5.83. The number of aliphatic hydroxyl groups excluding tert-OH is 1. The van der Waals surface area contributed by atoms with Gasteiger partial charge in [0.05, 0.1) is 18.8 Å². The van der Waals surface area contributed by atoms with Crippen LogP contribution in [0.4, 0.5) is 0 Å². The Morgan fingerprint density at radius 3 is 2.78 bits per heavy atom. The fourth-order valence-electron chi connectivity index (χ4n) is 2.05. The Bertz CT molecular complexity index is 446. The summed E-state index contributed by atoms with van der Waals surface area (Å²) >= 11 is 0. The van der Waals surface area contributed by atoms with Crippen molar-refractivity contribution < 1.29 is 9.84 Å². The topological polar surface area (TPSA) is 53.2 Å². The third-order valence-corrected chi connectivity index (χ3v) is 3.61. The zero-order valence-corrected chi connectivity index (χ0v) is 10.7. The molecule has 3 heteroatoms. The predicted octanol–water partition coefficient (Wildman–Crippen LogP) is 3.20. The highest BCUT2D eigenvalue weighted by Crippen LogP contribution is 2.49. The molecule has 96 valence electrons. The van der Waals surface area contributed by atoms with E-state index in [1.165, 1.54) is 0 Å². The lowest BCUT2D eigenvalue weighted by molar-refractivity contribution is 0.162. The van der Waals surface area contributed by atoms with E-state index in [9.17, 15) is 5.11 Å². The molecule has 2 rings (SSSR count). The Morgan fingerprint density at radius 1 is 1.44 bits per heavy atom. The number of nitrogens with zero attached hydrogens (tertiary/aromatic N) is 1.